The topological polar surface area (TPSA) is 159 Å². The molecule has 0 spiro atoms. The van der Waals surface area contributed by atoms with E-state index in [9.17, 15) is 18.9 Å². The number of carbonyl (C=O) groups excluding carboxylic acids is 3. The minimum atomic E-state index is -4.01. The van der Waals surface area contributed by atoms with Crippen LogP contribution < -0.4 is 9.61 Å². The lowest BCUT2D eigenvalue weighted by Crippen LogP contribution is -2.37. The molecule has 14 heteroatoms. The molecule has 0 saturated carbocycles. The molecular formula is C32H39N6O7P. The van der Waals surface area contributed by atoms with Crippen molar-refractivity contribution in [2.45, 2.75) is 52.3 Å². The van der Waals surface area contributed by atoms with Crippen molar-refractivity contribution >= 4 is 36.4 Å². The lowest BCUT2D eigenvalue weighted by atomic mass is 10.0. The van der Waals surface area contributed by atoms with E-state index in [0.29, 0.717) is 36.4 Å². The first-order valence-electron chi connectivity index (χ1n) is 15.2. The van der Waals surface area contributed by atoms with Crippen molar-refractivity contribution < 1.29 is 32.7 Å². The molecule has 4 aromatic rings. The summed E-state index contributed by atoms with van der Waals surface area (Å²) in [6.45, 7) is 5.93. The first-order chi connectivity index (χ1) is 22.0. The second-order valence-electron chi connectivity index (χ2n) is 11.4. The van der Waals surface area contributed by atoms with Gasteiger partial charge >= 0.3 is 13.7 Å². The van der Waals surface area contributed by atoms with Gasteiger partial charge in [-0.25, -0.2) is 4.57 Å². The molecule has 1 unspecified atom stereocenters. The van der Waals surface area contributed by atoms with Crippen molar-refractivity contribution in [2.75, 3.05) is 26.7 Å². The Morgan fingerprint density at radius 1 is 1.09 bits per heavy atom. The molecule has 1 aliphatic rings. The molecule has 2 amide bonds. The zero-order chi connectivity index (χ0) is 32.8. The molecule has 13 nitrogen and oxygen atoms in total. The fourth-order valence-corrected chi connectivity index (χ4v) is 6.64. The van der Waals surface area contributed by atoms with E-state index in [1.54, 1.807) is 56.1 Å². The summed E-state index contributed by atoms with van der Waals surface area (Å²) < 4.78 is 30.2. The van der Waals surface area contributed by atoms with Gasteiger partial charge in [-0.3, -0.25) is 24.0 Å². The minimum Gasteiger partial charge on any atom is -0.462 e. The van der Waals surface area contributed by atoms with Gasteiger partial charge in [-0.15, -0.1) is 0 Å². The minimum absolute atomic E-state index is 0.0356. The second kappa shape index (κ2) is 14.3. The van der Waals surface area contributed by atoms with Crippen molar-refractivity contribution in [2.24, 2.45) is 0 Å². The Kier molecular flexibility index (Phi) is 10.3. The predicted octanol–water partition coefficient (Wildman–Crippen LogP) is 4.69. The molecular weight excluding hydrogens is 611 g/mol. The van der Waals surface area contributed by atoms with Gasteiger partial charge in [0.25, 0.3) is 11.8 Å². The van der Waals surface area contributed by atoms with Crippen molar-refractivity contribution in [3.05, 3.63) is 83.3 Å². The van der Waals surface area contributed by atoms with Gasteiger partial charge in [-0.05, 0) is 51.5 Å². The highest BCUT2D eigenvalue weighted by atomic mass is 31.2. The first kappa shape index (κ1) is 32.9. The summed E-state index contributed by atoms with van der Waals surface area (Å²) in [4.78, 5) is 45.5. The van der Waals surface area contributed by atoms with Crippen LogP contribution in [0.2, 0.25) is 0 Å². The molecule has 244 valence electrons. The zero-order valence-electron chi connectivity index (χ0n) is 26.3. The highest BCUT2D eigenvalue weighted by Crippen LogP contribution is 2.45. The lowest BCUT2D eigenvalue weighted by Gasteiger charge is -2.27. The van der Waals surface area contributed by atoms with Gasteiger partial charge in [0.15, 0.2) is 5.69 Å². The molecule has 0 saturated heterocycles. The quantitative estimate of drug-likeness (QED) is 0.106. The molecule has 5 rings (SSSR count). The summed E-state index contributed by atoms with van der Waals surface area (Å²) in [6, 6.07) is 17.1. The van der Waals surface area contributed by atoms with Gasteiger partial charge in [-0.2, -0.15) is 10.2 Å². The number of esters is 1. The number of hydrogen-bond donors (Lipinski definition) is 3. The van der Waals surface area contributed by atoms with Gasteiger partial charge < -0.3 is 24.0 Å². The Labute approximate surface area is 267 Å². The van der Waals surface area contributed by atoms with Crippen LogP contribution in [0.1, 0.15) is 59.4 Å². The van der Waals surface area contributed by atoms with E-state index in [1.807, 2.05) is 30.3 Å². The summed E-state index contributed by atoms with van der Waals surface area (Å²) in [7, 11) is -2.36. The summed E-state index contributed by atoms with van der Waals surface area (Å²) in [5.74, 6) is -0.751. The average Bonchev–Trinajstić information content (AvgIpc) is 3.66. The molecule has 46 heavy (non-hydrogen) atoms. The van der Waals surface area contributed by atoms with E-state index in [1.165, 1.54) is 11.8 Å². The number of amides is 2. The third-order valence-corrected chi connectivity index (χ3v) is 9.13. The Hall–Kier alpha value is -4.45. The van der Waals surface area contributed by atoms with Crippen LogP contribution in [0, 0.1) is 0 Å². The van der Waals surface area contributed by atoms with E-state index in [4.69, 9.17) is 13.8 Å². The van der Waals surface area contributed by atoms with Crippen LogP contribution in [0.4, 0.5) is 0 Å². The number of rotatable bonds is 13. The van der Waals surface area contributed by atoms with Crippen molar-refractivity contribution in [3.63, 3.8) is 0 Å². The summed E-state index contributed by atoms with van der Waals surface area (Å²) in [5.41, 5.74) is 3.15. The Bertz CT molecular complexity index is 1700. The number of nitrogens with one attached hydrogen (secondary N) is 3. The Morgan fingerprint density at radius 2 is 1.83 bits per heavy atom. The fourth-order valence-electron chi connectivity index (χ4n) is 5.11. The van der Waals surface area contributed by atoms with E-state index in [0.717, 1.165) is 16.6 Å². The molecule has 0 fully saturated rings. The number of carbonyl (C=O) groups is 3. The van der Waals surface area contributed by atoms with Gasteiger partial charge in [-0.1, -0.05) is 36.4 Å². The number of aromatic amines is 2. The first-order valence-corrected chi connectivity index (χ1v) is 16.7. The molecule has 3 heterocycles. The normalized spacial score (nSPS) is 14.8. The van der Waals surface area contributed by atoms with Gasteiger partial charge in [0, 0.05) is 48.7 Å². The van der Waals surface area contributed by atoms with Crippen LogP contribution in [0.3, 0.4) is 0 Å². The zero-order valence-corrected chi connectivity index (χ0v) is 27.2. The smallest absolute Gasteiger partial charge is 0.459 e. The SMILES string of the molecule is CC(C)OC(=O)[C@H](C)NP(=O)(OCCCN(C)C(=O)c1n[nH]c2c1CN(C(=O)c1cc3ccccc3[nH]1)CC2)Oc1ccccc1. The molecule has 2 atom stereocenters. The number of fused-ring (bicyclic) bond motifs is 2. The fraction of sp³-hybridized carbons (Fsp3) is 0.375. The number of benzene rings is 2. The lowest BCUT2D eigenvalue weighted by molar-refractivity contribution is -0.149. The number of hydrogen-bond acceptors (Lipinski definition) is 8. The number of nitrogens with zero attached hydrogens (tertiary/aromatic N) is 3. The molecule has 2 aromatic heterocycles. The monoisotopic (exact) mass is 650 g/mol. The van der Waals surface area contributed by atoms with Gasteiger partial charge in [0.2, 0.25) is 0 Å². The van der Waals surface area contributed by atoms with Crippen molar-refractivity contribution in [1.82, 2.24) is 30.1 Å². The average molecular weight is 651 g/mol. The van der Waals surface area contributed by atoms with Crippen LogP contribution in [-0.2, 0) is 31.6 Å². The molecule has 0 aliphatic carbocycles. The highest BCUT2D eigenvalue weighted by Gasteiger charge is 2.33. The largest absolute Gasteiger partial charge is 0.462 e. The summed E-state index contributed by atoms with van der Waals surface area (Å²) in [5, 5.41) is 10.9. The molecule has 3 N–H and O–H groups in total. The van der Waals surface area contributed by atoms with Gasteiger partial charge in [0.1, 0.15) is 17.5 Å². The summed E-state index contributed by atoms with van der Waals surface area (Å²) in [6.07, 6.45) is 0.518. The third-order valence-electron chi connectivity index (χ3n) is 7.46. The van der Waals surface area contributed by atoms with Crippen LogP contribution in [0.15, 0.2) is 60.7 Å². The van der Waals surface area contributed by atoms with Crippen LogP contribution >= 0.6 is 7.75 Å². The van der Waals surface area contributed by atoms with E-state index >= 15 is 0 Å². The number of ether oxygens (including phenoxy) is 1. The van der Waals surface area contributed by atoms with E-state index < -0.39 is 19.8 Å². The van der Waals surface area contributed by atoms with E-state index in [2.05, 4.69) is 20.3 Å². The van der Waals surface area contributed by atoms with Gasteiger partial charge in [0.05, 0.1) is 19.3 Å². The van der Waals surface area contributed by atoms with E-state index in [-0.39, 0.29) is 43.3 Å². The Balaban J connectivity index is 1.18. The maximum absolute atomic E-state index is 13.7. The van der Waals surface area contributed by atoms with Crippen LogP contribution in [0.5, 0.6) is 5.75 Å². The molecule has 1 aliphatic heterocycles. The maximum atomic E-state index is 13.7. The standard InChI is InChI=1S/C32H39N6O7P/c1-21(2)44-32(41)22(3)36-46(42,45-24-12-6-5-7-13-24)43-18-10-16-37(4)31(40)29-25-20-38(17-15-27(25)34-35-29)30(39)28-19-23-11-8-9-14-26(23)33-28/h5-9,11-14,19,21-22,33H,10,15-18,20H2,1-4H3,(H,34,35)(H,36,42)/t22-,46?/m0/s1. The van der Waals surface area contributed by atoms with Crippen molar-refractivity contribution in [3.8, 4) is 5.75 Å². The number of H-pyrrole nitrogens is 2. The third kappa shape index (κ3) is 7.85. The highest BCUT2D eigenvalue weighted by molar-refractivity contribution is 7.52. The van der Waals surface area contributed by atoms with Crippen LogP contribution in [0.25, 0.3) is 10.9 Å². The second-order valence-corrected chi connectivity index (χ2v) is 13.1. The van der Waals surface area contributed by atoms with Crippen molar-refractivity contribution in [1.29, 1.82) is 0 Å². The molecule has 0 radical (unpaired) electrons. The maximum Gasteiger partial charge on any atom is 0.459 e. The Morgan fingerprint density at radius 3 is 2.57 bits per heavy atom. The number of aromatic nitrogens is 3. The van der Waals surface area contributed by atoms with Crippen LogP contribution in [-0.4, -0.2) is 81.7 Å². The number of para-hydroxylation sites is 2. The predicted molar refractivity (Wildman–Crippen MR) is 171 cm³/mol. The molecule has 2 aromatic carbocycles. The summed E-state index contributed by atoms with van der Waals surface area (Å²) >= 11 is 0. The molecule has 0 bridgehead atoms.